The molecule has 1 aromatic carbocycles. The number of aromatic nitrogens is 3. The average molecular weight is 411 g/mol. The second kappa shape index (κ2) is 7.80. The van der Waals surface area contributed by atoms with Crippen LogP contribution in [0.15, 0.2) is 40.4 Å². The SMILES string of the molecule is O=C(O)CNC(=O)c1c(=O)cc(SCc2ccc(F)c(Cl)c2)n2[nH]cnc12. The van der Waals surface area contributed by atoms with Crippen LogP contribution >= 0.6 is 23.4 Å². The fourth-order valence-electron chi connectivity index (χ4n) is 2.32. The van der Waals surface area contributed by atoms with Gasteiger partial charge in [0.05, 0.1) is 5.02 Å². The second-order valence-corrected chi connectivity index (χ2v) is 6.78. The molecule has 1 amide bonds. The van der Waals surface area contributed by atoms with Crippen LogP contribution in [0, 0.1) is 5.82 Å². The molecule has 27 heavy (non-hydrogen) atoms. The Kier molecular flexibility index (Phi) is 5.47. The zero-order valence-corrected chi connectivity index (χ0v) is 15.1. The number of halogens is 2. The molecule has 140 valence electrons. The first-order chi connectivity index (χ1) is 12.9. The minimum atomic E-state index is -1.23. The van der Waals surface area contributed by atoms with Crippen LogP contribution in [0.25, 0.3) is 5.65 Å². The van der Waals surface area contributed by atoms with Crippen molar-refractivity contribution in [1.29, 1.82) is 0 Å². The number of carbonyl (C=O) groups excluding carboxylic acids is 1. The number of aliphatic carboxylic acids is 1. The number of aromatic amines is 1. The predicted molar refractivity (Wildman–Crippen MR) is 96.8 cm³/mol. The molecule has 0 aliphatic rings. The Bertz CT molecular complexity index is 1100. The van der Waals surface area contributed by atoms with E-state index >= 15 is 0 Å². The molecule has 0 bridgehead atoms. The normalized spacial score (nSPS) is 10.9. The maximum absolute atomic E-state index is 13.2. The van der Waals surface area contributed by atoms with Crippen LogP contribution in [0.5, 0.6) is 0 Å². The van der Waals surface area contributed by atoms with Gasteiger partial charge in [0.1, 0.15) is 29.3 Å². The molecule has 0 atom stereocenters. The van der Waals surface area contributed by atoms with E-state index in [2.05, 4.69) is 15.4 Å². The zero-order valence-electron chi connectivity index (χ0n) is 13.5. The van der Waals surface area contributed by atoms with Crippen molar-refractivity contribution in [2.75, 3.05) is 6.54 Å². The van der Waals surface area contributed by atoms with Crippen molar-refractivity contribution in [3.63, 3.8) is 0 Å². The van der Waals surface area contributed by atoms with Gasteiger partial charge < -0.3 is 10.4 Å². The topological polar surface area (TPSA) is 117 Å². The van der Waals surface area contributed by atoms with Gasteiger partial charge in [0.2, 0.25) is 0 Å². The van der Waals surface area contributed by atoms with Gasteiger partial charge in [-0.05, 0) is 17.7 Å². The van der Waals surface area contributed by atoms with Crippen molar-refractivity contribution in [1.82, 2.24) is 19.9 Å². The number of carboxylic acid groups (broad SMARTS) is 1. The van der Waals surface area contributed by atoms with Gasteiger partial charge in [-0.25, -0.2) is 13.9 Å². The Balaban J connectivity index is 1.89. The van der Waals surface area contributed by atoms with E-state index in [-0.39, 0.29) is 16.2 Å². The Morgan fingerprint density at radius 2 is 2.15 bits per heavy atom. The Hall–Kier alpha value is -2.85. The van der Waals surface area contributed by atoms with E-state index in [4.69, 9.17) is 16.7 Å². The van der Waals surface area contributed by atoms with Gasteiger partial charge in [-0.15, -0.1) is 11.8 Å². The van der Waals surface area contributed by atoms with Gasteiger partial charge in [-0.2, -0.15) is 0 Å². The van der Waals surface area contributed by atoms with Gasteiger partial charge in [0.25, 0.3) is 5.91 Å². The summed E-state index contributed by atoms with van der Waals surface area (Å²) in [6.07, 6.45) is 1.31. The first kappa shape index (κ1) is 18.9. The van der Waals surface area contributed by atoms with E-state index < -0.39 is 29.7 Å². The standard InChI is InChI=1S/C16H12ClFN4O4S/c17-9-3-8(1-2-10(9)18)6-27-12-4-11(23)14(15-20-7-21-22(12)15)16(26)19-5-13(24)25/h1-4,7H,5-6H2,(H,19,26)(H,20,21)(H,24,25). The Morgan fingerprint density at radius 1 is 1.37 bits per heavy atom. The molecule has 0 radical (unpaired) electrons. The Morgan fingerprint density at radius 3 is 2.85 bits per heavy atom. The number of carbonyl (C=O) groups is 2. The molecule has 0 unspecified atom stereocenters. The summed E-state index contributed by atoms with van der Waals surface area (Å²) in [5, 5.41) is 14.1. The lowest BCUT2D eigenvalue weighted by molar-refractivity contribution is -0.135. The van der Waals surface area contributed by atoms with Gasteiger partial charge in [-0.3, -0.25) is 19.5 Å². The molecule has 2 heterocycles. The third-order valence-electron chi connectivity index (χ3n) is 3.53. The lowest BCUT2D eigenvalue weighted by atomic mass is 10.2. The number of carboxylic acids is 1. The molecule has 2 aromatic heterocycles. The average Bonchev–Trinajstić information content (AvgIpc) is 3.10. The van der Waals surface area contributed by atoms with Crippen LogP contribution in [0.4, 0.5) is 4.39 Å². The summed E-state index contributed by atoms with van der Waals surface area (Å²) in [4.78, 5) is 39.1. The molecule has 0 saturated carbocycles. The summed E-state index contributed by atoms with van der Waals surface area (Å²) in [6, 6.07) is 5.57. The number of hydrogen-bond acceptors (Lipinski definition) is 5. The maximum atomic E-state index is 13.2. The number of fused-ring (bicyclic) bond motifs is 1. The van der Waals surface area contributed by atoms with Gasteiger partial charge in [0, 0.05) is 11.8 Å². The molecule has 0 fully saturated rings. The summed E-state index contributed by atoms with van der Waals surface area (Å²) in [5.41, 5.74) is -0.0308. The molecule has 0 saturated heterocycles. The highest BCUT2D eigenvalue weighted by atomic mass is 35.5. The number of rotatable bonds is 6. The number of benzene rings is 1. The number of nitrogens with zero attached hydrogens (tertiary/aromatic N) is 2. The summed E-state index contributed by atoms with van der Waals surface area (Å²) in [6.45, 7) is -0.614. The van der Waals surface area contributed by atoms with Crippen LogP contribution in [0.1, 0.15) is 15.9 Å². The van der Waals surface area contributed by atoms with Crippen LogP contribution in [-0.4, -0.2) is 38.1 Å². The number of H-pyrrole nitrogens is 1. The Labute approximate surface area is 160 Å². The second-order valence-electron chi connectivity index (χ2n) is 5.38. The molecular weight excluding hydrogens is 399 g/mol. The lowest BCUT2D eigenvalue weighted by Gasteiger charge is -2.08. The third-order valence-corrected chi connectivity index (χ3v) is 4.89. The quantitative estimate of drug-likeness (QED) is 0.534. The summed E-state index contributed by atoms with van der Waals surface area (Å²) >= 11 is 7.02. The highest BCUT2D eigenvalue weighted by molar-refractivity contribution is 7.98. The maximum Gasteiger partial charge on any atom is 0.322 e. The van der Waals surface area contributed by atoms with Crippen molar-refractivity contribution < 1.29 is 19.1 Å². The molecule has 0 aliphatic heterocycles. The minimum Gasteiger partial charge on any atom is -0.480 e. The number of amides is 1. The number of hydrogen-bond donors (Lipinski definition) is 3. The van der Waals surface area contributed by atoms with Crippen LogP contribution in [0.3, 0.4) is 0 Å². The molecule has 11 heteroatoms. The van der Waals surface area contributed by atoms with E-state index in [9.17, 15) is 18.8 Å². The number of thioether (sulfide) groups is 1. The monoisotopic (exact) mass is 410 g/mol. The van der Waals surface area contributed by atoms with E-state index in [1.54, 1.807) is 6.07 Å². The summed E-state index contributed by atoms with van der Waals surface area (Å²) in [5.74, 6) is -2.18. The third kappa shape index (κ3) is 4.12. The molecule has 3 N–H and O–H groups in total. The molecular formula is C16H12ClFN4O4S. The van der Waals surface area contributed by atoms with Crippen molar-refractivity contribution >= 4 is 40.9 Å². The van der Waals surface area contributed by atoms with Gasteiger partial charge >= 0.3 is 5.97 Å². The van der Waals surface area contributed by atoms with E-state index in [0.29, 0.717) is 10.8 Å². The number of nitrogens with one attached hydrogen (secondary N) is 2. The van der Waals surface area contributed by atoms with Gasteiger partial charge in [0.15, 0.2) is 11.1 Å². The van der Waals surface area contributed by atoms with Crippen LogP contribution < -0.4 is 10.7 Å². The number of pyridine rings is 1. The van der Waals surface area contributed by atoms with Crippen molar-refractivity contribution in [2.45, 2.75) is 10.8 Å². The van der Waals surface area contributed by atoms with E-state index in [1.165, 1.54) is 40.8 Å². The summed E-state index contributed by atoms with van der Waals surface area (Å²) in [7, 11) is 0. The summed E-state index contributed by atoms with van der Waals surface area (Å²) < 4.78 is 14.7. The van der Waals surface area contributed by atoms with Crippen LogP contribution in [-0.2, 0) is 10.5 Å². The largest absolute Gasteiger partial charge is 0.480 e. The molecule has 3 rings (SSSR count). The first-order valence-electron chi connectivity index (χ1n) is 7.52. The zero-order chi connectivity index (χ0) is 19.6. The fourth-order valence-corrected chi connectivity index (χ4v) is 3.48. The van der Waals surface area contributed by atoms with E-state index in [0.717, 1.165) is 5.56 Å². The van der Waals surface area contributed by atoms with Crippen molar-refractivity contribution in [2.24, 2.45) is 0 Å². The first-order valence-corrected chi connectivity index (χ1v) is 8.89. The van der Waals surface area contributed by atoms with Crippen molar-refractivity contribution in [3.8, 4) is 0 Å². The lowest BCUT2D eigenvalue weighted by Crippen LogP contribution is -2.33. The molecule has 0 aliphatic carbocycles. The smallest absolute Gasteiger partial charge is 0.322 e. The molecule has 0 spiro atoms. The highest BCUT2D eigenvalue weighted by Gasteiger charge is 2.19. The fraction of sp³-hybridized carbons (Fsp3) is 0.125. The highest BCUT2D eigenvalue weighted by Crippen LogP contribution is 2.25. The molecule has 3 aromatic rings. The molecule has 8 nitrogen and oxygen atoms in total. The predicted octanol–water partition coefficient (Wildman–Crippen LogP) is 1.92. The minimum absolute atomic E-state index is 0.00223. The van der Waals surface area contributed by atoms with Crippen molar-refractivity contribution in [3.05, 3.63) is 62.8 Å². The van der Waals surface area contributed by atoms with Crippen LogP contribution in [0.2, 0.25) is 5.02 Å². The van der Waals surface area contributed by atoms with E-state index in [1.807, 2.05) is 0 Å². The van der Waals surface area contributed by atoms with Gasteiger partial charge in [-0.1, -0.05) is 17.7 Å².